The van der Waals surface area contributed by atoms with Crippen LogP contribution < -0.4 is 5.32 Å². The van der Waals surface area contributed by atoms with Gasteiger partial charge < -0.3 is 5.32 Å². The zero-order valence-electron chi connectivity index (χ0n) is 10.5. The maximum absolute atomic E-state index is 12.2. The van der Waals surface area contributed by atoms with Crippen molar-refractivity contribution in [2.75, 3.05) is 0 Å². The van der Waals surface area contributed by atoms with Gasteiger partial charge in [0.15, 0.2) is 0 Å². The fraction of sp³-hybridized carbons (Fsp3) is 0.154. The highest BCUT2D eigenvalue weighted by Gasteiger charge is 2.20. The largest absolute Gasteiger partial charge is 0.345 e. The van der Waals surface area contributed by atoms with Crippen LogP contribution in [-0.4, -0.2) is 10.8 Å². The minimum atomic E-state index is -0.524. The molecule has 20 heavy (non-hydrogen) atoms. The number of halogens is 1. The number of nitrogens with zero attached hydrogens (tertiary/aromatic N) is 1. The number of nitrogens with one attached hydrogen (secondary N) is 1. The number of hydrogen-bond acceptors (Lipinski definition) is 4. The van der Waals surface area contributed by atoms with Crippen molar-refractivity contribution in [3.8, 4) is 0 Å². The van der Waals surface area contributed by atoms with Crippen LogP contribution in [0.5, 0.6) is 0 Å². The standard InChI is InChI=1S/C13H11BrN2O3S/c1-8(11-6-3-7-20-11)15-13(17)9-4-2-5-10(12(9)14)16(18)19/h2-8H,1H3,(H,15,17). The third-order valence-electron chi connectivity index (χ3n) is 2.74. The van der Waals surface area contributed by atoms with Gasteiger partial charge in [0.25, 0.3) is 11.6 Å². The number of benzene rings is 1. The summed E-state index contributed by atoms with van der Waals surface area (Å²) in [5, 5.41) is 15.6. The molecule has 2 aromatic rings. The predicted octanol–water partition coefficient (Wildman–Crippen LogP) is 3.91. The summed E-state index contributed by atoms with van der Waals surface area (Å²) in [6.45, 7) is 1.87. The number of nitro groups is 1. The lowest BCUT2D eigenvalue weighted by Gasteiger charge is -2.13. The van der Waals surface area contributed by atoms with Crippen molar-refractivity contribution in [2.45, 2.75) is 13.0 Å². The fourth-order valence-electron chi connectivity index (χ4n) is 1.72. The fourth-order valence-corrected chi connectivity index (χ4v) is 3.04. The van der Waals surface area contributed by atoms with Crippen molar-refractivity contribution in [3.63, 3.8) is 0 Å². The van der Waals surface area contributed by atoms with Gasteiger partial charge in [0.1, 0.15) is 4.47 Å². The van der Waals surface area contributed by atoms with E-state index < -0.39 is 4.92 Å². The van der Waals surface area contributed by atoms with E-state index in [0.29, 0.717) is 0 Å². The van der Waals surface area contributed by atoms with Crippen molar-refractivity contribution in [1.29, 1.82) is 0 Å². The lowest BCUT2D eigenvalue weighted by molar-refractivity contribution is -0.385. The number of nitro benzene ring substituents is 1. The van der Waals surface area contributed by atoms with Gasteiger partial charge in [-0.25, -0.2) is 0 Å². The van der Waals surface area contributed by atoms with Crippen LogP contribution >= 0.6 is 27.3 Å². The van der Waals surface area contributed by atoms with Crippen LogP contribution in [-0.2, 0) is 0 Å². The molecule has 0 aliphatic carbocycles. The normalized spacial score (nSPS) is 11.9. The lowest BCUT2D eigenvalue weighted by atomic mass is 10.1. The second kappa shape index (κ2) is 6.15. The minimum absolute atomic E-state index is 0.124. The third kappa shape index (κ3) is 3.05. The van der Waals surface area contributed by atoms with Gasteiger partial charge in [-0.3, -0.25) is 14.9 Å². The Hall–Kier alpha value is -1.73. The third-order valence-corrected chi connectivity index (χ3v) is 4.63. The Balaban J connectivity index is 2.22. The van der Waals surface area contributed by atoms with Gasteiger partial charge in [0, 0.05) is 10.9 Å². The smallest absolute Gasteiger partial charge is 0.284 e. The molecule has 0 spiro atoms. The average Bonchev–Trinajstić information content (AvgIpc) is 2.92. The van der Waals surface area contributed by atoms with E-state index in [0.717, 1.165) is 4.88 Å². The molecule has 1 heterocycles. The number of rotatable bonds is 4. The van der Waals surface area contributed by atoms with Gasteiger partial charge in [0.05, 0.1) is 16.5 Å². The number of carbonyl (C=O) groups is 1. The van der Waals surface area contributed by atoms with Gasteiger partial charge in [-0.2, -0.15) is 0 Å². The highest BCUT2D eigenvalue weighted by molar-refractivity contribution is 9.10. The molecule has 1 aromatic heterocycles. The summed E-state index contributed by atoms with van der Waals surface area (Å²) in [4.78, 5) is 23.5. The first-order valence-electron chi connectivity index (χ1n) is 5.78. The molecule has 1 aromatic carbocycles. The SMILES string of the molecule is CC(NC(=O)c1cccc([N+](=O)[O-])c1Br)c1cccs1. The van der Waals surface area contributed by atoms with Crippen LogP contribution in [0, 0.1) is 10.1 Å². The average molecular weight is 355 g/mol. The lowest BCUT2D eigenvalue weighted by Crippen LogP contribution is -2.26. The molecule has 0 bridgehead atoms. The highest BCUT2D eigenvalue weighted by atomic mass is 79.9. The Kier molecular flexibility index (Phi) is 4.51. The molecule has 7 heteroatoms. The Labute approximate surface area is 127 Å². The van der Waals surface area contributed by atoms with E-state index in [9.17, 15) is 14.9 Å². The zero-order chi connectivity index (χ0) is 14.7. The minimum Gasteiger partial charge on any atom is -0.345 e. The Morgan fingerprint density at radius 1 is 1.40 bits per heavy atom. The molecule has 1 unspecified atom stereocenters. The van der Waals surface area contributed by atoms with Crippen LogP contribution in [0.4, 0.5) is 5.69 Å². The summed E-state index contributed by atoms with van der Waals surface area (Å²) in [6, 6.07) is 8.09. The molecule has 2 rings (SSSR count). The van der Waals surface area contributed by atoms with Crippen molar-refractivity contribution in [2.24, 2.45) is 0 Å². The van der Waals surface area contributed by atoms with Gasteiger partial charge in [-0.15, -0.1) is 11.3 Å². The first-order chi connectivity index (χ1) is 9.50. The molecular formula is C13H11BrN2O3S. The Bertz CT molecular complexity index is 643. The molecule has 0 aliphatic heterocycles. The number of hydrogen-bond donors (Lipinski definition) is 1. The predicted molar refractivity (Wildman–Crippen MR) is 81.0 cm³/mol. The molecule has 104 valence electrons. The first kappa shape index (κ1) is 14.7. The summed E-state index contributed by atoms with van der Waals surface area (Å²) in [5.74, 6) is -0.346. The van der Waals surface area contributed by atoms with E-state index in [2.05, 4.69) is 21.2 Å². The number of amides is 1. The van der Waals surface area contributed by atoms with Gasteiger partial charge in [-0.1, -0.05) is 12.1 Å². The molecule has 0 aliphatic rings. The zero-order valence-corrected chi connectivity index (χ0v) is 12.9. The molecule has 1 atom stereocenters. The molecule has 0 fully saturated rings. The van der Waals surface area contributed by atoms with Crippen LogP contribution in [0.3, 0.4) is 0 Å². The maximum atomic E-state index is 12.2. The van der Waals surface area contributed by atoms with Gasteiger partial charge in [-0.05, 0) is 40.4 Å². The molecule has 0 saturated carbocycles. The molecular weight excluding hydrogens is 344 g/mol. The molecule has 1 N–H and O–H groups in total. The van der Waals surface area contributed by atoms with Crippen molar-refractivity contribution >= 4 is 38.9 Å². The molecule has 0 saturated heterocycles. The van der Waals surface area contributed by atoms with Crippen LogP contribution in [0.1, 0.15) is 28.2 Å². The van der Waals surface area contributed by atoms with E-state index in [1.807, 2.05) is 24.4 Å². The second-order valence-electron chi connectivity index (χ2n) is 4.11. The van der Waals surface area contributed by atoms with E-state index in [1.165, 1.54) is 12.1 Å². The summed E-state index contributed by atoms with van der Waals surface area (Å²) in [5.41, 5.74) is 0.129. The van der Waals surface area contributed by atoms with Crippen molar-refractivity contribution < 1.29 is 9.72 Å². The van der Waals surface area contributed by atoms with Crippen LogP contribution in [0.15, 0.2) is 40.2 Å². The van der Waals surface area contributed by atoms with Crippen molar-refractivity contribution in [1.82, 2.24) is 5.32 Å². The topological polar surface area (TPSA) is 72.2 Å². The van der Waals surface area contributed by atoms with E-state index in [4.69, 9.17) is 0 Å². The summed E-state index contributed by atoms with van der Waals surface area (Å²) >= 11 is 4.67. The van der Waals surface area contributed by atoms with Gasteiger partial charge >= 0.3 is 0 Å². The van der Waals surface area contributed by atoms with Gasteiger partial charge in [0.2, 0.25) is 0 Å². The first-order valence-corrected chi connectivity index (χ1v) is 7.45. The Morgan fingerprint density at radius 3 is 2.75 bits per heavy atom. The summed E-state index contributed by atoms with van der Waals surface area (Å²) in [7, 11) is 0. The van der Waals surface area contributed by atoms with E-state index >= 15 is 0 Å². The summed E-state index contributed by atoms with van der Waals surface area (Å²) < 4.78 is 0.195. The monoisotopic (exact) mass is 354 g/mol. The van der Waals surface area contributed by atoms with Crippen LogP contribution in [0.2, 0.25) is 0 Å². The van der Waals surface area contributed by atoms with E-state index in [-0.39, 0.29) is 27.7 Å². The maximum Gasteiger partial charge on any atom is 0.284 e. The molecule has 5 nitrogen and oxygen atoms in total. The van der Waals surface area contributed by atoms with Crippen molar-refractivity contribution in [3.05, 3.63) is 60.7 Å². The Morgan fingerprint density at radius 2 is 2.15 bits per heavy atom. The van der Waals surface area contributed by atoms with E-state index in [1.54, 1.807) is 17.4 Å². The number of thiophene rings is 1. The molecule has 1 amide bonds. The second-order valence-corrected chi connectivity index (χ2v) is 5.88. The number of carbonyl (C=O) groups excluding carboxylic acids is 1. The highest BCUT2D eigenvalue weighted by Crippen LogP contribution is 2.28. The van der Waals surface area contributed by atoms with Crippen LogP contribution in [0.25, 0.3) is 0 Å². The quantitative estimate of drug-likeness (QED) is 0.668. The molecule has 0 radical (unpaired) electrons. The summed E-state index contributed by atoms with van der Waals surface area (Å²) in [6.07, 6.45) is 0.